The van der Waals surface area contributed by atoms with E-state index in [0.29, 0.717) is 44.0 Å². The number of sulfonamides is 1. The lowest BCUT2D eigenvalue weighted by Gasteiger charge is -2.32. The molecule has 6 nitrogen and oxygen atoms in total. The molecule has 0 saturated carbocycles. The van der Waals surface area contributed by atoms with E-state index in [0.717, 1.165) is 34.9 Å². The van der Waals surface area contributed by atoms with Gasteiger partial charge in [0.05, 0.1) is 29.1 Å². The van der Waals surface area contributed by atoms with Gasteiger partial charge in [-0.3, -0.25) is 9.69 Å². The Morgan fingerprint density at radius 3 is 2.51 bits per heavy atom. The summed E-state index contributed by atoms with van der Waals surface area (Å²) in [6, 6.07) is 16.2. The van der Waals surface area contributed by atoms with Crippen LogP contribution in [0.1, 0.15) is 65.6 Å². The number of nitrogens with zero attached hydrogens (tertiary/aromatic N) is 1. The molecule has 2 atom stereocenters. The van der Waals surface area contributed by atoms with Gasteiger partial charge in [0.15, 0.2) is 0 Å². The van der Waals surface area contributed by atoms with Crippen LogP contribution in [0, 0.1) is 0 Å². The molecule has 1 fully saturated rings. The van der Waals surface area contributed by atoms with Gasteiger partial charge >= 0.3 is 6.18 Å². The number of fused-ring (bicyclic) bond motifs is 1. The molecule has 0 aromatic heterocycles. The van der Waals surface area contributed by atoms with E-state index in [4.69, 9.17) is 0 Å². The average Bonchev–Trinajstić information content (AvgIpc) is 3.33. The molecule has 43 heavy (non-hydrogen) atoms. The van der Waals surface area contributed by atoms with Crippen LogP contribution in [0.25, 0.3) is 0 Å². The first kappa shape index (κ1) is 31.1. The molecular weight excluding hydrogens is 589 g/mol. The van der Waals surface area contributed by atoms with E-state index in [-0.39, 0.29) is 25.4 Å². The van der Waals surface area contributed by atoms with Crippen molar-refractivity contribution in [2.24, 2.45) is 0 Å². The highest BCUT2D eigenvalue weighted by atomic mass is 32.2. The Morgan fingerprint density at radius 2 is 1.79 bits per heavy atom. The van der Waals surface area contributed by atoms with Gasteiger partial charge in [0.25, 0.3) is 5.92 Å². The van der Waals surface area contributed by atoms with E-state index < -0.39 is 44.5 Å². The average molecular weight is 622 g/mol. The second-order valence-electron chi connectivity index (χ2n) is 11.2. The summed E-state index contributed by atoms with van der Waals surface area (Å²) in [5.41, 5.74) is 2.25. The Bertz CT molecular complexity index is 1560. The zero-order valence-electron chi connectivity index (χ0n) is 23.2. The molecule has 3 aromatic rings. The second-order valence-corrected chi connectivity index (χ2v) is 12.9. The maximum atomic E-state index is 13.8. The summed E-state index contributed by atoms with van der Waals surface area (Å²) in [6.45, 7) is 0.777. The third-order valence-corrected chi connectivity index (χ3v) is 9.33. The van der Waals surface area contributed by atoms with E-state index in [1.165, 1.54) is 0 Å². The largest absolute Gasteiger partial charge is 0.416 e. The molecule has 230 valence electrons. The number of piperidine rings is 1. The summed E-state index contributed by atoms with van der Waals surface area (Å²) in [4.78, 5) is 14.4. The van der Waals surface area contributed by atoms with E-state index in [1.54, 1.807) is 35.2 Å². The van der Waals surface area contributed by atoms with Gasteiger partial charge in [-0.1, -0.05) is 54.6 Å². The van der Waals surface area contributed by atoms with Gasteiger partial charge < -0.3 is 5.32 Å². The normalized spacial score (nSPS) is 19.5. The first-order chi connectivity index (χ1) is 20.3. The zero-order chi connectivity index (χ0) is 30.8. The van der Waals surface area contributed by atoms with E-state index >= 15 is 0 Å². The molecular formula is C31H32F5N3O3S. The van der Waals surface area contributed by atoms with Crippen LogP contribution in [0.4, 0.5) is 22.0 Å². The third-order valence-electron chi connectivity index (χ3n) is 7.86. The first-order valence-electron chi connectivity index (χ1n) is 14.0. The molecule has 1 aliphatic carbocycles. The number of halogens is 5. The lowest BCUT2D eigenvalue weighted by atomic mass is 10.0. The van der Waals surface area contributed by atoms with Gasteiger partial charge in [0, 0.05) is 19.4 Å². The summed E-state index contributed by atoms with van der Waals surface area (Å²) in [5, 5.41) is 2.97. The highest BCUT2D eigenvalue weighted by Gasteiger charge is 2.35. The zero-order valence-corrected chi connectivity index (χ0v) is 24.0. The number of hydrogen-bond acceptors (Lipinski definition) is 4. The van der Waals surface area contributed by atoms with E-state index in [9.17, 15) is 35.2 Å². The summed E-state index contributed by atoms with van der Waals surface area (Å²) in [7, 11) is -4.42. The SMILES string of the molecule is O=C(CC(NS(=O)(=O)c1cccc(C(F)(F)F)c1)c1ccccc1)N[C@@H]1CCc2cc(CN3CCCC(F)(F)C3)ccc21. The smallest absolute Gasteiger partial charge is 0.349 e. The number of amides is 1. The van der Waals surface area contributed by atoms with Crippen molar-refractivity contribution in [3.8, 4) is 0 Å². The number of likely N-dealkylation sites (tertiary alicyclic amines) is 1. The van der Waals surface area contributed by atoms with Crippen LogP contribution in [0.3, 0.4) is 0 Å². The maximum Gasteiger partial charge on any atom is 0.416 e. The molecule has 1 heterocycles. The monoisotopic (exact) mass is 621 g/mol. The molecule has 1 unspecified atom stereocenters. The number of alkyl halides is 5. The number of carbonyl (C=O) groups is 1. The predicted octanol–water partition coefficient (Wildman–Crippen LogP) is 6.15. The van der Waals surface area contributed by atoms with Crippen LogP contribution >= 0.6 is 0 Å². The van der Waals surface area contributed by atoms with Crippen molar-refractivity contribution < 1.29 is 35.2 Å². The summed E-state index contributed by atoms with van der Waals surface area (Å²) in [6.07, 6.45) is -3.33. The van der Waals surface area contributed by atoms with Crippen molar-refractivity contribution in [1.29, 1.82) is 0 Å². The van der Waals surface area contributed by atoms with Crippen LogP contribution in [0.2, 0.25) is 0 Å². The standard InChI is InChI=1S/C31H32F5N3O3S/c32-30(33)14-5-15-39(20-30)19-21-10-12-26-23(16-21)11-13-27(26)37-29(40)18-28(22-6-2-1-3-7-22)38-43(41,42)25-9-4-8-24(17-25)31(34,35)36/h1-4,6-10,12,16-17,27-28,38H,5,11,13-15,18-20H2,(H,37,40)/t27-,28?/m1/s1. The first-order valence-corrected chi connectivity index (χ1v) is 15.5. The van der Waals surface area contributed by atoms with Crippen LogP contribution in [-0.4, -0.2) is 38.2 Å². The maximum absolute atomic E-state index is 13.8. The van der Waals surface area contributed by atoms with Crippen LogP contribution in [-0.2, 0) is 34.0 Å². The molecule has 2 N–H and O–H groups in total. The quantitative estimate of drug-likeness (QED) is 0.281. The van der Waals surface area contributed by atoms with E-state index in [2.05, 4.69) is 10.0 Å². The molecule has 0 spiro atoms. The minimum absolute atomic E-state index is 0.0904. The molecule has 3 aromatic carbocycles. The fourth-order valence-corrected chi connectivity index (χ4v) is 7.08. The molecule has 5 rings (SSSR count). The Morgan fingerprint density at radius 1 is 1.02 bits per heavy atom. The number of nitrogens with one attached hydrogen (secondary N) is 2. The van der Waals surface area contributed by atoms with Crippen molar-refractivity contribution in [2.45, 2.75) is 67.7 Å². The third kappa shape index (κ3) is 7.79. The number of carbonyl (C=O) groups excluding carboxylic acids is 1. The molecule has 1 amide bonds. The summed E-state index contributed by atoms with van der Waals surface area (Å²) in [5.74, 6) is -3.11. The number of rotatable bonds is 9. The molecule has 0 radical (unpaired) electrons. The van der Waals surface area contributed by atoms with Crippen molar-refractivity contribution in [1.82, 2.24) is 14.9 Å². The lowest BCUT2D eigenvalue weighted by molar-refractivity contribution is -0.137. The van der Waals surface area contributed by atoms with Gasteiger partial charge in [-0.25, -0.2) is 21.9 Å². The van der Waals surface area contributed by atoms with Crippen LogP contribution < -0.4 is 10.0 Å². The molecule has 1 aliphatic heterocycles. The summed E-state index contributed by atoms with van der Waals surface area (Å²) < 4.78 is 96.0. The molecule has 12 heteroatoms. The molecule has 1 saturated heterocycles. The van der Waals surface area contributed by atoms with Gasteiger partial charge in [0.2, 0.25) is 15.9 Å². The Hall–Kier alpha value is -3.35. The minimum Gasteiger partial charge on any atom is -0.349 e. The van der Waals surface area contributed by atoms with Gasteiger partial charge in [-0.15, -0.1) is 0 Å². The molecule has 2 aliphatic rings. The van der Waals surface area contributed by atoms with E-state index in [1.807, 2.05) is 18.2 Å². The lowest BCUT2D eigenvalue weighted by Crippen LogP contribution is -2.42. The van der Waals surface area contributed by atoms with Crippen LogP contribution in [0.15, 0.2) is 77.7 Å². The van der Waals surface area contributed by atoms with Gasteiger partial charge in [-0.2, -0.15) is 13.2 Å². The fourth-order valence-electron chi connectivity index (χ4n) is 5.81. The van der Waals surface area contributed by atoms with Gasteiger partial charge in [-0.05, 0) is 66.3 Å². The Balaban J connectivity index is 1.27. The Kier molecular flexibility index (Phi) is 8.92. The van der Waals surface area contributed by atoms with Crippen molar-refractivity contribution in [2.75, 3.05) is 13.1 Å². The highest BCUT2D eigenvalue weighted by molar-refractivity contribution is 7.89. The topological polar surface area (TPSA) is 78.5 Å². The fraction of sp³-hybridized carbons (Fsp3) is 0.387. The van der Waals surface area contributed by atoms with Crippen molar-refractivity contribution >= 4 is 15.9 Å². The van der Waals surface area contributed by atoms with Crippen LogP contribution in [0.5, 0.6) is 0 Å². The highest BCUT2D eigenvalue weighted by Crippen LogP contribution is 2.34. The van der Waals surface area contributed by atoms with Gasteiger partial charge in [0.1, 0.15) is 0 Å². The summed E-state index contributed by atoms with van der Waals surface area (Å²) >= 11 is 0. The van der Waals surface area contributed by atoms with Crippen molar-refractivity contribution in [3.05, 3.63) is 101 Å². The number of hydrogen-bond donors (Lipinski definition) is 2. The Labute approximate surface area is 247 Å². The van der Waals surface area contributed by atoms with Crippen molar-refractivity contribution in [3.63, 3.8) is 0 Å². The predicted molar refractivity (Wildman–Crippen MR) is 151 cm³/mol. The molecule has 0 bridgehead atoms. The second kappa shape index (κ2) is 12.3. The minimum atomic E-state index is -4.72. The number of aryl methyl sites for hydroxylation is 1. The number of benzene rings is 3.